The summed E-state index contributed by atoms with van der Waals surface area (Å²) in [6, 6.07) is 9.78. The van der Waals surface area contributed by atoms with E-state index < -0.39 is 0 Å². The smallest absolute Gasteiger partial charge is 0.173 e. The van der Waals surface area contributed by atoms with Crippen LogP contribution in [0, 0.1) is 6.92 Å². The Morgan fingerprint density at radius 3 is 2.41 bits per heavy atom. The molecule has 1 aromatic heterocycles. The predicted octanol–water partition coefficient (Wildman–Crippen LogP) is 3.62. The number of piperazine rings is 1. The van der Waals surface area contributed by atoms with Gasteiger partial charge in [-0.15, -0.1) is 17.5 Å². The molecule has 32 heavy (non-hydrogen) atoms. The van der Waals surface area contributed by atoms with Gasteiger partial charge in [0.2, 0.25) is 0 Å². The summed E-state index contributed by atoms with van der Waals surface area (Å²) in [6.07, 6.45) is 9.41. The minimum atomic E-state index is 0. The van der Waals surface area contributed by atoms with Gasteiger partial charge in [-0.2, -0.15) is 0 Å². The van der Waals surface area contributed by atoms with Gasteiger partial charge in [0.1, 0.15) is 0 Å². The molecular weight excluding hydrogens is 424 g/mol. The van der Waals surface area contributed by atoms with E-state index in [1.54, 1.807) is 0 Å². The summed E-state index contributed by atoms with van der Waals surface area (Å²) in [5.41, 5.74) is 2.56. The van der Waals surface area contributed by atoms with Gasteiger partial charge >= 0.3 is 0 Å². The standard InChI is InChI=1S/C24H36N6O.ClH/c1-19-9-11-20(12-10-19)23(24-25-26-27-30(24)18-22-8-5-17-31-22)29-15-13-28(14-16-29)21-6-3-2-4-7-21;/h9-12,21-23H,2-8,13-18H2,1H3;1H. The number of nitrogens with zero attached hydrogens (tertiary/aromatic N) is 6. The number of halogens is 1. The highest BCUT2D eigenvalue weighted by Crippen LogP contribution is 2.31. The maximum absolute atomic E-state index is 5.87. The molecule has 2 aromatic rings. The molecule has 0 radical (unpaired) electrons. The summed E-state index contributed by atoms with van der Waals surface area (Å²) in [6.45, 7) is 8.13. The minimum Gasteiger partial charge on any atom is -0.376 e. The Hall–Kier alpha value is -1.54. The Kier molecular flexibility index (Phi) is 8.16. The largest absolute Gasteiger partial charge is 0.376 e. The quantitative estimate of drug-likeness (QED) is 0.656. The second-order valence-electron chi connectivity index (χ2n) is 9.53. The van der Waals surface area contributed by atoms with Gasteiger partial charge in [-0.25, -0.2) is 4.68 Å². The molecule has 2 atom stereocenters. The zero-order valence-corrected chi connectivity index (χ0v) is 20.1. The van der Waals surface area contributed by atoms with Crippen LogP contribution in [0.15, 0.2) is 24.3 Å². The third kappa shape index (κ3) is 5.33. The maximum Gasteiger partial charge on any atom is 0.173 e. The summed E-state index contributed by atoms with van der Waals surface area (Å²) in [7, 11) is 0. The van der Waals surface area contributed by atoms with Crippen molar-refractivity contribution < 1.29 is 4.74 Å². The van der Waals surface area contributed by atoms with E-state index in [1.807, 2.05) is 4.68 Å². The molecule has 2 aliphatic heterocycles. The van der Waals surface area contributed by atoms with E-state index in [-0.39, 0.29) is 24.6 Å². The van der Waals surface area contributed by atoms with Gasteiger partial charge in [-0.3, -0.25) is 9.80 Å². The van der Waals surface area contributed by atoms with Crippen LogP contribution in [0.1, 0.15) is 67.9 Å². The van der Waals surface area contributed by atoms with Gasteiger partial charge < -0.3 is 4.74 Å². The van der Waals surface area contributed by atoms with Crippen LogP contribution in [0.5, 0.6) is 0 Å². The van der Waals surface area contributed by atoms with Gasteiger partial charge in [0.25, 0.3) is 0 Å². The van der Waals surface area contributed by atoms with Crippen LogP contribution in [0.3, 0.4) is 0 Å². The number of hydrogen-bond donors (Lipinski definition) is 0. The Labute approximate surface area is 197 Å². The highest BCUT2D eigenvalue weighted by atomic mass is 35.5. The van der Waals surface area contributed by atoms with E-state index in [1.165, 1.54) is 43.2 Å². The molecule has 1 saturated carbocycles. The van der Waals surface area contributed by atoms with E-state index in [0.717, 1.165) is 64.0 Å². The van der Waals surface area contributed by atoms with Gasteiger partial charge in [-0.1, -0.05) is 49.1 Å². The van der Waals surface area contributed by atoms with Crippen LogP contribution in [0.4, 0.5) is 0 Å². The Bertz CT molecular complexity index is 823. The van der Waals surface area contributed by atoms with Crippen molar-refractivity contribution >= 4 is 12.4 Å². The van der Waals surface area contributed by atoms with Crippen molar-refractivity contribution in [2.24, 2.45) is 0 Å². The van der Waals surface area contributed by atoms with Crippen molar-refractivity contribution in [2.45, 2.75) is 76.6 Å². The van der Waals surface area contributed by atoms with E-state index in [2.05, 4.69) is 56.5 Å². The summed E-state index contributed by atoms with van der Waals surface area (Å²) >= 11 is 0. The highest BCUT2D eigenvalue weighted by Gasteiger charge is 2.33. The first-order chi connectivity index (χ1) is 15.3. The number of tetrazole rings is 1. The van der Waals surface area contributed by atoms with E-state index in [4.69, 9.17) is 4.74 Å². The monoisotopic (exact) mass is 460 g/mol. The average Bonchev–Trinajstić information content (AvgIpc) is 3.49. The molecule has 5 rings (SSSR count). The lowest BCUT2D eigenvalue weighted by Crippen LogP contribution is -2.52. The molecule has 7 nitrogen and oxygen atoms in total. The molecule has 0 amide bonds. The van der Waals surface area contributed by atoms with Gasteiger partial charge in [0.15, 0.2) is 5.82 Å². The molecule has 3 aliphatic rings. The first-order valence-corrected chi connectivity index (χ1v) is 12.2. The molecule has 0 N–H and O–H groups in total. The lowest BCUT2D eigenvalue weighted by atomic mass is 9.93. The molecule has 176 valence electrons. The molecule has 1 aromatic carbocycles. The minimum absolute atomic E-state index is 0. The van der Waals surface area contributed by atoms with Crippen LogP contribution >= 0.6 is 12.4 Å². The predicted molar refractivity (Wildman–Crippen MR) is 127 cm³/mol. The van der Waals surface area contributed by atoms with E-state index >= 15 is 0 Å². The number of benzene rings is 1. The van der Waals surface area contributed by atoms with Crippen LogP contribution in [-0.4, -0.2) is 74.9 Å². The number of aryl methyl sites for hydroxylation is 1. The van der Waals surface area contributed by atoms with Crippen molar-refractivity contribution in [2.75, 3.05) is 32.8 Å². The van der Waals surface area contributed by atoms with Gasteiger partial charge in [0, 0.05) is 38.8 Å². The number of hydrogen-bond acceptors (Lipinski definition) is 6. The van der Waals surface area contributed by atoms with E-state index in [9.17, 15) is 0 Å². The number of rotatable bonds is 6. The van der Waals surface area contributed by atoms with Crippen LogP contribution in [0.2, 0.25) is 0 Å². The van der Waals surface area contributed by atoms with Crippen molar-refractivity contribution in [1.82, 2.24) is 30.0 Å². The fourth-order valence-corrected chi connectivity index (χ4v) is 5.60. The zero-order chi connectivity index (χ0) is 21.0. The fraction of sp³-hybridized carbons (Fsp3) is 0.708. The third-order valence-corrected chi connectivity index (χ3v) is 7.40. The second kappa shape index (κ2) is 11.1. The summed E-state index contributed by atoms with van der Waals surface area (Å²) in [4.78, 5) is 5.32. The maximum atomic E-state index is 5.87. The topological polar surface area (TPSA) is 59.3 Å². The number of aromatic nitrogens is 4. The highest BCUT2D eigenvalue weighted by molar-refractivity contribution is 5.85. The summed E-state index contributed by atoms with van der Waals surface area (Å²) in [5, 5.41) is 13.0. The van der Waals surface area contributed by atoms with Crippen molar-refractivity contribution in [3.05, 3.63) is 41.2 Å². The molecule has 3 fully saturated rings. The molecule has 2 saturated heterocycles. The first-order valence-electron chi connectivity index (χ1n) is 12.2. The molecule has 3 heterocycles. The van der Waals surface area contributed by atoms with Crippen molar-refractivity contribution in [3.8, 4) is 0 Å². The summed E-state index contributed by atoms with van der Waals surface area (Å²) < 4.78 is 7.87. The van der Waals surface area contributed by atoms with Crippen LogP contribution < -0.4 is 0 Å². The van der Waals surface area contributed by atoms with E-state index in [0.29, 0.717) is 0 Å². The normalized spacial score (nSPS) is 24.3. The first kappa shape index (κ1) is 23.6. The van der Waals surface area contributed by atoms with Gasteiger partial charge in [0.05, 0.1) is 18.7 Å². The molecule has 2 unspecified atom stereocenters. The third-order valence-electron chi connectivity index (χ3n) is 7.40. The Morgan fingerprint density at radius 1 is 0.969 bits per heavy atom. The second-order valence-corrected chi connectivity index (χ2v) is 9.53. The van der Waals surface area contributed by atoms with Crippen LogP contribution in [-0.2, 0) is 11.3 Å². The van der Waals surface area contributed by atoms with Crippen molar-refractivity contribution in [3.63, 3.8) is 0 Å². The SMILES string of the molecule is Cc1ccc(C(c2nnnn2CC2CCCO2)N2CCN(C3CCCCC3)CC2)cc1.Cl. The lowest BCUT2D eigenvalue weighted by Gasteiger charge is -2.43. The number of ether oxygens (including phenoxy) is 1. The molecular formula is C24H37ClN6O. The van der Waals surface area contributed by atoms with Gasteiger partial charge in [-0.05, 0) is 48.6 Å². The lowest BCUT2D eigenvalue weighted by molar-refractivity contribution is 0.0595. The Morgan fingerprint density at radius 2 is 1.72 bits per heavy atom. The molecule has 1 aliphatic carbocycles. The molecule has 0 bridgehead atoms. The van der Waals surface area contributed by atoms with Crippen molar-refractivity contribution in [1.29, 1.82) is 0 Å². The average molecular weight is 461 g/mol. The zero-order valence-electron chi connectivity index (χ0n) is 19.2. The molecule has 0 spiro atoms. The Balaban J connectivity index is 0.00000245. The molecule has 8 heteroatoms. The van der Waals surface area contributed by atoms with Crippen LogP contribution in [0.25, 0.3) is 0 Å². The summed E-state index contributed by atoms with van der Waals surface area (Å²) in [5.74, 6) is 0.950. The fourth-order valence-electron chi connectivity index (χ4n) is 5.60.